The first-order valence-electron chi connectivity index (χ1n) is 8.19. The topological polar surface area (TPSA) is 73.1 Å². The standard InChI is InChI=1S/C17H16FN5O2S/c1-2-13-7-23(17(24)25-13)12-3-4-14(15(18)5-12)16-21-11(8-26-16)6-22-10-19-9-20-22/h3-5,8-10,13H,2,6-7H2,1H3/t13-/m0/s1. The van der Waals surface area contributed by atoms with Gasteiger partial charge in [0.25, 0.3) is 0 Å². The highest BCUT2D eigenvalue weighted by Gasteiger charge is 2.31. The first-order valence-corrected chi connectivity index (χ1v) is 9.07. The first kappa shape index (κ1) is 16.6. The lowest BCUT2D eigenvalue weighted by Crippen LogP contribution is -2.24. The minimum atomic E-state index is -0.437. The number of cyclic esters (lactones) is 1. The molecule has 0 unspecified atom stereocenters. The number of halogens is 1. The van der Waals surface area contributed by atoms with Gasteiger partial charge in [0.15, 0.2) is 0 Å². The van der Waals surface area contributed by atoms with Crippen molar-refractivity contribution in [1.29, 1.82) is 0 Å². The summed E-state index contributed by atoms with van der Waals surface area (Å²) in [5, 5.41) is 6.49. The number of aromatic nitrogens is 4. The second-order valence-electron chi connectivity index (χ2n) is 5.93. The molecule has 1 fully saturated rings. The zero-order valence-electron chi connectivity index (χ0n) is 14.0. The number of thiazole rings is 1. The molecule has 1 aromatic carbocycles. The molecule has 9 heteroatoms. The second kappa shape index (κ2) is 6.83. The molecule has 2 aromatic heterocycles. The first-order chi connectivity index (χ1) is 12.6. The van der Waals surface area contributed by atoms with Gasteiger partial charge in [-0.2, -0.15) is 5.10 Å². The molecule has 3 aromatic rings. The van der Waals surface area contributed by atoms with Gasteiger partial charge in [-0.1, -0.05) is 6.92 Å². The summed E-state index contributed by atoms with van der Waals surface area (Å²) in [6, 6.07) is 4.72. The summed E-state index contributed by atoms with van der Waals surface area (Å²) in [5.41, 5.74) is 1.68. The smallest absolute Gasteiger partial charge is 0.414 e. The molecular formula is C17H16FN5O2S. The van der Waals surface area contributed by atoms with Crippen LogP contribution in [0.4, 0.5) is 14.9 Å². The fraction of sp³-hybridized carbons (Fsp3) is 0.294. The lowest BCUT2D eigenvalue weighted by Gasteiger charge is -2.13. The van der Waals surface area contributed by atoms with E-state index >= 15 is 0 Å². The average Bonchev–Trinajstić information content (AvgIpc) is 3.36. The molecule has 1 atom stereocenters. The van der Waals surface area contributed by atoms with Gasteiger partial charge in [-0.25, -0.2) is 23.8 Å². The number of rotatable bonds is 5. The monoisotopic (exact) mass is 373 g/mol. The number of nitrogens with zero attached hydrogens (tertiary/aromatic N) is 5. The van der Waals surface area contributed by atoms with Crippen molar-refractivity contribution in [3.8, 4) is 10.6 Å². The van der Waals surface area contributed by atoms with Crippen molar-refractivity contribution in [3.05, 3.63) is 47.7 Å². The molecule has 26 heavy (non-hydrogen) atoms. The molecule has 0 bridgehead atoms. The van der Waals surface area contributed by atoms with Crippen molar-refractivity contribution in [1.82, 2.24) is 19.7 Å². The quantitative estimate of drug-likeness (QED) is 0.686. The van der Waals surface area contributed by atoms with Crippen LogP contribution >= 0.6 is 11.3 Å². The van der Waals surface area contributed by atoms with Crippen LogP contribution in [-0.2, 0) is 11.3 Å². The molecule has 3 heterocycles. The lowest BCUT2D eigenvalue weighted by molar-refractivity contribution is 0.139. The third kappa shape index (κ3) is 3.17. The van der Waals surface area contributed by atoms with Crippen LogP contribution in [0.15, 0.2) is 36.2 Å². The van der Waals surface area contributed by atoms with E-state index < -0.39 is 11.9 Å². The summed E-state index contributed by atoms with van der Waals surface area (Å²) in [4.78, 5) is 21.7. The Balaban J connectivity index is 1.55. The van der Waals surface area contributed by atoms with Crippen LogP contribution in [0.1, 0.15) is 19.0 Å². The van der Waals surface area contributed by atoms with E-state index in [2.05, 4.69) is 15.1 Å². The van der Waals surface area contributed by atoms with Gasteiger partial charge >= 0.3 is 6.09 Å². The molecule has 0 spiro atoms. The summed E-state index contributed by atoms with van der Waals surface area (Å²) >= 11 is 1.36. The fourth-order valence-corrected chi connectivity index (χ4v) is 3.61. The van der Waals surface area contributed by atoms with Crippen molar-refractivity contribution in [3.63, 3.8) is 0 Å². The van der Waals surface area contributed by atoms with Gasteiger partial charge in [0.1, 0.15) is 29.6 Å². The van der Waals surface area contributed by atoms with Crippen LogP contribution in [-0.4, -0.2) is 38.5 Å². The zero-order valence-corrected chi connectivity index (χ0v) is 14.8. The molecule has 0 saturated carbocycles. The third-order valence-corrected chi connectivity index (χ3v) is 5.09. The van der Waals surface area contributed by atoms with Gasteiger partial charge in [0.05, 0.1) is 24.5 Å². The molecule has 134 valence electrons. The van der Waals surface area contributed by atoms with Gasteiger partial charge in [-0.15, -0.1) is 11.3 Å². The maximum absolute atomic E-state index is 14.6. The van der Waals surface area contributed by atoms with Crippen LogP contribution in [0, 0.1) is 5.82 Å². The number of carbonyl (C=O) groups excluding carboxylic acids is 1. The van der Waals surface area contributed by atoms with Crippen molar-refractivity contribution in [2.24, 2.45) is 0 Å². The van der Waals surface area contributed by atoms with Gasteiger partial charge < -0.3 is 4.74 Å². The number of amides is 1. The number of ether oxygens (including phenoxy) is 1. The van der Waals surface area contributed by atoms with E-state index in [0.717, 1.165) is 12.1 Å². The van der Waals surface area contributed by atoms with Gasteiger partial charge in [-0.05, 0) is 24.6 Å². The van der Waals surface area contributed by atoms with Gasteiger partial charge in [0.2, 0.25) is 0 Å². The van der Waals surface area contributed by atoms with E-state index in [1.165, 1.54) is 28.6 Å². The number of hydrogen-bond donors (Lipinski definition) is 0. The summed E-state index contributed by atoms with van der Waals surface area (Å²) in [5.74, 6) is -0.420. The Bertz CT molecular complexity index is 927. The number of hydrogen-bond acceptors (Lipinski definition) is 6. The number of anilines is 1. The highest BCUT2D eigenvalue weighted by Crippen LogP contribution is 2.31. The van der Waals surface area contributed by atoms with Gasteiger partial charge in [-0.3, -0.25) is 4.90 Å². The SMILES string of the molecule is CC[C@H]1CN(c2ccc(-c3nc(Cn4cncn4)cs3)c(F)c2)C(=O)O1. The summed E-state index contributed by atoms with van der Waals surface area (Å²) in [6.07, 6.45) is 3.21. The van der Waals surface area contributed by atoms with E-state index in [1.54, 1.807) is 23.1 Å². The highest BCUT2D eigenvalue weighted by atomic mass is 32.1. The Morgan fingerprint density at radius 3 is 3.00 bits per heavy atom. The summed E-state index contributed by atoms with van der Waals surface area (Å²) in [7, 11) is 0. The highest BCUT2D eigenvalue weighted by molar-refractivity contribution is 7.13. The molecule has 1 saturated heterocycles. The van der Waals surface area contributed by atoms with Crippen molar-refractivity contribution < 1.29 is 13.9 Å². The van der Waals surface area contributed by atoms with E-state index in [1.807, 2.05) is 12.3 Å². The van der Waals surface area contributed by atoms with E-state index in [0.29, 0.717) is 29.3 Å². The van der Waals surface area contributed by atoms with E-state index in [4.69, 9.17) is 4.74 Å². The van der Waals surface area contributed by atoms with E-state index in [-0.39, 0.29) is 6.10 Å². The second-order valence-corrected chi connectivity index (χ2v) is 6.78. The maximum atomic E-state index is 14.6. The molecule has 1 amide bonds. The molecule has 4 rings (SSSR count). The van der Waals surface area contributed by atoms with E-state index in [9.17, 15) is 9.18 Å². The van der Waals surface area contributed by atoms with Crippen molar-refractivity contribution >= 4 is 23.1 Å². The molecule has 1 aliphatic heterocycles. The van der Waals surface area contributed by atoms with Crippen molar-refractivity contribution in [2.75, 3.05) is 11.4 Å². The predicted octanol–water partition coefficient (Wildman–Crippen LogP) is 3.32. The van der Waals surface area contributed by atoms with Crippen molar-refractivity contribution in [2.45, 2.75) is 26.0 Å². The lowest BCUT2D eigenvalue weighted by atomic mass is 10.2. The Kier molecular flexibility index (Phi) is 4.37. The predicted molar refractivity (Wildman–Crippen MR) is 94.5 cm³/mol. The fourth-order valence-electron chi connectivity index (χ4n) is 2.77. The molecule has 1 aliphatic rings. The Morgan fingerprint density at radius 2 is 2.31 bits per heavy atom. The molecule has 0 radical (unpaired) electrons. The molecular weight excluding hydrogens is 357 g/mol. The molecule has 0 aliphatic carbocycles. The molecule has 7 nitrogen and oxygen atoms in total. The van der Waals surface area contributed by atoms with Crippen LogP contribution in [0.2, 0.25) is 0 Å². The normalized spacial score (nSPS) is 16.9. The maximum Gasteiger partial charge on any atom is 0.414 e. The van der Waals surface area contributed by atoms with Crippen LogP contribution in [0.5, 0.6) is 0 Å². The molecule has 0 N–H and O–H groups in total. The van der Waals surface area contributed by atoms with Gasteiger partial charge in [0, 0.05) is 10.9 Å². The summed E-state index contributed by atoms with van der Waals surface area (Å²) < 4.78 is 21.5. The number of benzene rings is 1. The minimum absolute atomic E-state index is 0.149. The van der Waals surface area contributed by atoms with Crippen LogP contribution in [0.25, 0.3) is 10.6 Å². The zero-order chi connectivity index (χ0) is 18.1. The largest absolute Gasteiger partial charge is 0.444 e. The third-order valence-electron chi connectivity index (χ3n) is 4.17. The average molecular weight is 373 g/mol. The van der Waals surface area contributed by atoms with Crippen LogP contribution in [0.3, 0.4) is 0 Å². The summed E-state index contributed by atoms with van der Waals surface area (Å²) in [6.45, 7) is 2.87. The Morgan fingerprint density at radius 1 is 1.42 bits per heavy atom. The Labute approximate surface area is 153 Å². The van der Waals surface area contributed by atoms with Crippen LogP contribution < -0.4 is 4.90 Å². The Hall–Kier alpha value is -2.81. The number of carbonyl (C=O) groups is 1. The minimum Gasteiger partial charge on any atom is -0.444 e.